The highest BCUT2D eigenvalue weighted by atomic mass is 16.3. The molecular weight excluding hydrogens is 356 g/mol. The van der Waals surface area contributed by atoms with Crippen molar-refractivity contribution in [3.63, 3.8) is 0 Å². The summed E-state index contributed by atoms with van der Waals surface area (Å²) in [5.41, 5.74) is 6.80. The summed E-state index contributed by atoms with van der Waals surface area (Å²) in [7, 11) is 0. The van der Waals surface area contributed by atoms with Crippen molar-refractivity contribution in [1.82, 2.24) is 15.3 Å². The van der Waals surface area contributed by atoms with E-state index in [-0.39, 0.29) is 17.7 Å². The summed E-state index contributed by atoms with van der Waals surface area (Å²) in [5, 5.41) is 24.4. The fraction of sp³-hybridized carbons (Fsp3) is 0.810. The molecule has 1 aliphatic carbocycles. The van der Waals surface area contributed by atoms with Gasteiger partial charge in [0.25, 0.3) is 0 Å². The number of rotatable bonds is 10. The summed E-state index contributed by atoms with van der Waals surface area (Å²) in [6.45, 7) is 6.09. The second-order valence-electron chi connectivity index (χ2n) is 8.85. The first-order chi connectivity index (χ1) is 13.3. The van der Waals surface area contributed by atoms with Gasteiger partial charge in [0.05, 0.1) is 30.2 Å². The molecule has 1 heterocycles. The van der Waals surface area contributed by atoms with Crippen LogP contribution < -0.4 is 11.1 Å². The highest BCUT2D eigenvalue weighted by Crippen LogP contribution is 2.33. The van der Waals surface area contributed by atoms with Crippen LogP contribution in [-0.4, -0.2) is 50.4 Å². The fourth-order valence-electron chi connectivity index (χ4n) is 4.33. The number of aliphatic hydroxyl groups is 2. The van der Waals surface area contributed by atoms with Crippen molar-refractivity contribution >= 4 is 5.91 Å². The van der Waals surface area contributed by atoms with E-state index in [2.05, 4.69) is 22.2 Å². The molecule has 0 radical (unpaired) electrons. The van der Waals surface area contributed by atoms with Crippen molar-refractivity contribution < 1.29 is 15.0 Å². The van der Waals surface area contributed by atoms with Crippen LogP contribution in [-0.2, 0) is 11.2 Å². The normalized spacial score (nSPS) is 21.1. The van der Waals surface area contributed by atoms with Gasteiger partial charge in [0.15, 0.2) is 0 Å². The fourth-order valence-corrected chi connectivity index (χ4v) is 4.33. The lowest BCUT2D eigenvalue weighted by Crippen LogP contribution is -2.57. The minimum absolute atomic E-state index is 0.0682. The molecule has 28 heavy (non-hydrogen) atoms. The molecule has 160 valence electrons. The standard InChI is InChI=1S/C21H38N4O3/c1-13(2)9-18(26)20(27)19(14(3)15-7-5-4-6-8-15)25-21(28)17(22)10-16-11-23-12-24-16/h11-15,17-20,26-27H,4-10,22H2,1-3H3,(H,23,24)(H,25,28)/t14?,17-,18-,19-,20-/m0/s1. The van der Waals surface area contributed by atoms with Gasteiger partial charge in [-0.05, 0) is 24.2 Å². The smallest absolute Gasteiger partial charge is 0.237 e. The Kier molecular flexibility index (Phi) is 8.92. The molecule has 7 nitrogen and oxygen atoms in total. The molecule has 6 N–H and O–H groups in total. The first kappa shape index (κ1) is 22.8. The molecule has 1 unspecified atom stereocenters. The van der Waals surface area contributed by atoms with Crippen LogP contribution in [0.2, 0.25) is 0 Å². The van der Waals surface area contributed by atoms with Crippen molar-refractivity contribution in [3.05, 3.63) is 18.2 Å². The molecule has 1 aliphatic rings. The van der Waals surface area contributed by atoms with Gasteiger partial charge in [-0.15, -0.1) is 0 Å². The molecule has 1 aromatic heterocycles. The molecular formula is C21H38N4O3. The van der Waals surface area contributed by atoms with Crippen LogP contribution >= 0.6 is 0 Å². The van der Waals surface area contributed by atoms with Gasteiger partial charge in [0.2, 0.25) is 5.91 Å². The highest BCUT2D eigenvalue weighted by Gasteiger charge is 2.37. The number of amides is 1. The van der Waals surface area contributed by atoms with Crippen LogP contribution in [0.15, 0.2) is 12.5 Å². The number of carbonyl (C=O) groups excluding carboxylic acids is 1. The summed E-state index contributed by atoms with van der Waals surface area (Å²) >= 11 is 0. The molecule has 5 atom stereocenters. The predicted molar refractivity (Wildman–Crippen MR) is 109 cm³/mol. The predicted octanol–water partition coefficient (Wildman–Crippen LogP) is 1.75. The minimum Gasteiger partial charge on any atom is -0.390 e. The average molecular weight is 395 g/mol. The molecule has 1 aromatic rings. The number of hydrogen-bond donors (Lipinski definition) is 5. The maximum absolute atomic E-state index is 12.7. The number of hydrogen-bond acceptors (Lipinski definition) is 5. The van der Waals surface area contributed by atoms with Crippen LogP contribution in [0.5, 0.6) is 0 Å². The molecule has 0 saturated heterocycles. The van der Waals surface area contributed by atoms with E-state index in [9.17, 15) is 15.0 Å². The lowest BCUT2D eigenvalue weighted by molar-refractivity contribution is -0.126. The van der Waals surface area contributed by atoms with Crippen LogP contribution in [0.25, 0.3) is 0 Å². The molecule has 0 bridgehead atoms. The number of carbonyl (C=O) groups is 1. The van der Waals surface area contributed by atoms with Crippen molar-refractivity contribution in [2.45, 2.75) is 90.0 Å². The summed E-state index contributed by atoms with van der Waals surface area (Å²) in [6.07, 6.45) is 8.00. The monoisotopic (exact) mass is 394 g/mol. The number of nitrogens with two attached hydrogens (primary N) is 1. The Labute approximate surface area is 168 Å². The number of nitrogens with zero attached hydrogens (tertiary/aromatic N) is 1. The minimum atomic E-state index is -1.01. The average Bonchev–Trinajstić information content (AvgIpc) is 3.18. The van der Waals surface area contributed by atoms with Gasteiger partial charge in [0, 0.05) is 12.6 Å². The van der Waals surface area contributed by atoms with E-state index in [0.29, 0.717) is 18.8 Å². The number of nitrogens with one attached hydrogen (secondary N) is 2. The lowest BCUT2D eigenvalue weighted by Gasteiger charge is -2.38. The molecule has 0 aliphatic heterocycles. The maximum atomic E-state index is 12.7. The van der Waals surface area contributed by atoms with E-state index in [1.165, 1.54) is 19.3 Å². The van der Waals surface area contributed by atoms with Crippen molar-refractivity contribution in [3.8, 4) is 0 Å². The Balaban J connectivity index is 2.08. The largest absolute Gasteiger partial charge is 0.390 e. The summed E-state index contributed by atoms with van der Waals surface area (Å²) in [5.74, 6) is 0.445. The topological polar surface area (TPSA) is 124 Å². The zero-order valence-electron chi connectivity index (χ0n) is 17.5. The van der Waals surface area contributed by atoms with Gasteiger partial charge in [0.1, 0.15) is 6.10 Å². The quantitative estimate of drug-likeness (QED) is 0.413. The number of H-pyrrole nitrogens is 1. The second kappa shape index (κ2) is 10.9. The van der Waals surface area contributed by atoms with Crippen molar-refractivity contribution in [2.75, 3.05) is 0 Å². The van der Waals surface area contributed by atoms with E-state index in [4.69, 9.17) is 5.73 Å². The van der Waals surface area contributed by atoms with E-state index in [0.717, 1.165) is 18.5 Å². The molecule has 0 aromatic carbocycles. The lowest BCUT2D eigenvalue weighted by atomic mass is 9.75. The third-order valence-corrected chi connectivity index (χ3v) is 6.06. The van der Waals surface area contributed by atoms with Gasteiger partial charge >= 0.3 is 0 Å². The van der Waals surface area contributed by atoms with Crippen LogP contribution in [0.3, 0.4) is 0 Å². The Hall–Kier alpha value is -1.44. The molecule has 1 saturated carbocycles. The van der Waals surface area contributed by atoms with E-state index >= 15 is 0 Å². The molecule has 1 amide bonds. The van der Waals surface area contributed by atoms with Crippen LogP contribution in [0.4, 0.5) is 0 Å². The Morgan fingerprint density at radius 2 is 1.96 bits per heavy atom. The van der Waals surface area contributed by atoms with Crippen molar-refractivity contribution in [1.29, 1.82) is 0 Å². The van der Waals surface area contributed by atoms with E-state index < -0.39 is 24.3 Å². The summed E-state index contributed by atoms with van der Waals surface area (Å²) in [4.78, 5) is 19.7. The molecule has 0 spiro atoms. The Morgan fingerprint density at radius 1 is 1.29 bits per heavy atom. The number of imidazole rings is 1. The number of aromatic amines is 1. The zero-order chi connectivity index (χ0) is 20.7. The van der Waals surface area contributed by atoms with Gasteiger partial charge in [-0.1, -0.05) is 52.9 Å². The van der Waals surface area contributed by atoms with E-state index in [1.54, 1.807) is 12.5 Å². The molecule has 1 fully saturated rings. The van der Waals surface area contributed by atoms with Crippen LogP contribution in [0.1, 0.15) is 65.0 Å². The Bertz CT molecular complexity index is 572. The van der Waals surface area contributed by atoms with Gasteiger partial charge < -0.3 is 26.2 Å². The molecule has 7 heteroatoms. The maximum Gasteiger partial charge on any atom is 0.237 e. The first-order valence-corrected chi connectivity index (χ1v) is 10.7. The van der Waals surface area contributed by atoms with Crippen LogP contribution in [0, 0.1) is 17.8 Å². The van der Waals surface area contributed by atoms with Gasteiger partial charge in [-0.25, -0.2) is 4.98 Å². The second-order valence-corrected chi connectivity index (χ2v) is 8.85. The summed E-state index contributed by atoms with van der Waals surface area (Å²) < 4.78 is 0. The van der Waals surface area contributed by atoms with E-state index in [1.807, 2.05) is 13.8 Å². The zero-order valence-corrected chi connectivity index (χ0v) is 17.5. The van der Waals surface area contributed by atoms with Gasteiger partial charge in [-0.3, -0.25) is 4.79 Å². The van der Waals surface area contributed by atoms with Gasteiger partial charge in [-0.2, -0.15) is 0 Å². The SMILES string of the molecule is CC(C)C[C@H](O)[C@H](O)[C@@H](NC(=O)[C@@H](N)Cc1c[nH]cn1)C(C)C1CCCCC1. The third kappa shape index (κ3) is 6.57. The number of aromatic nitrogens is 2. The highest BCUT2D eigenvalue weighted by molar-refractivity contribution is 5.82. The number of aliphatic hydroxyl groups excluding tert-OH is 2. The third-order valence-electron chi connectivity index (χ3n) is 6.06. The Morgan fingerprint density at radius 3 is 2.54 bits per heavy atom. The first-order valence-electron chi connectivity index (χ1n) is 10.7. The molecule has 2 rings (SSSR count). The summed E-state index contributed by atoms with van der Waals surface area (Å²) in [6, 6.07) is -1.27. The van der Waals surface area contributed by atoms with Crippen molar-refractivity contribution in [2.24, 2.45) is 23.5 Å².